The smallest absolute Gasteiger partial charge is 0.185 e. The van der Waals surface area contributed by atoms with Crippen LogP contribution in [0.25, 0.3) is 11.0 Å². The molecule has 0 aliphatic carbocycles. The predicted octanol–water partition coefficient (Wildman–Crippen LogP) is 2.35. The van der Waals surface area contributed by atoms with Crippen LogP contribution in [0.2, 0.25) is 0 Å². The highest BCUT2D eigenvalue weighted by Crippen LogP contribution is 2.22. The summed E-state index contributed by atoms with van der Waals surface area (Å²) in [6, 6.07) is 1.93. The average molecular weight is 162 g/mol. The molecule has 0 aliphatic heterocycles. The molecule has 2 heterocycles. The highest BCUT2D eigenvalue weighted by atomic mass is 16.5. The monoisotopic (exact) mass is 162 g/mol. The Balaban J connectivity index is 2.70. The van der Waals surface area contributed by atoms with Crippen LogP contribution in [0.5, 0.6) is 0 Å². The van der Waals surface area contributed by atoms with E-state index in [0.717, 1.165) is 16.7 Å². The highest BCUT2D eigenvalue weighted by Gasteiger charge is 2.09. The normalized spacial score (nSPS) is 11.2. The van der Waals surface area contributed by atoms with Gasteiger partial charge in [-0.2, -0.15) is 0 Å². The summed E-state index contributed by atoms with van der Waals surface area (Å²) in [6.45, 7) is 4.19. The van der Waals surface area contributed by atoms with Gasteiger partial charge in [-0.3, -0.25) is 4.98 Å². The van der Waals surface area contributed by atoms with Gasteiger partial charge in [0.05, 0.1) is 11.9 Å². The van der Waals surface area contributed by atoms with Crippen molar-refractivity contribution in [1.29, 1.82) is 0 Å². The second-order valence-electron chi connectivity index (χ2n) is 3.09. The van der Waals surface area contributed by atoms with Crippen molar-refractivity contribution >= 4 is 11.0 Å². The lowest BCUT2D eigenvalue weighted by molar-refractivity contribution is 0.441. The van der Waals surface area contributed by atoms with E-state index in [1.165, 1.54) is 0 Å². The lowest BCUT2D eigenvalue weighted by Crippen LogP contribution is -1.86. The molecule has 0 saturated carbocycles. The van der Waals surface area contributed by atoms with E-state index in [2.05, 4.69) is 24.0 Å². The average Bonchev–Trinajstić information content (AvgIpc) is 2.47. The molecule has 0 aromatic carbocycles. The molecule has 0 spiro atoms. The Morgan fingerprint density at radius 1 is 1.42 bits per heavy atom. The Labute approximate surface area is 70.4 Å². The number of pyridine rings is 1. The Hall–Kier alpha value is -1.38. The van der Waals surface area contributed by atoms with Crippen LogP contribution in [0, 0.1) is 0 Å². The van der Waals surface area contributed by atoms with E-state index in [1.807, 2.05) is 6.07 Å². The van der Waals surface area contributed by atoms with E-state index in [9.17, 15) is 0 Å². The number of rotatable bonds is 1. The fraction of sp³-hybridized carbons (Fsp3) is 0.333. The summed E-state index contributed by atoms with van der Waals surface area (Å²) in [5.74, 6) is 0.397. The van der Waals surface area contributed by atoms with Gasteiger partial charge in [0.2, 0.25) is 0 Å². The summed E-state index contributed by atoms with van der Waals surface area (Å²) in [6.07, 6.45) is 3.44. The Morgan fingerprint density at radius 2 is 2.25 bits per heavy atom. The zero-order valence-electron chi connectivity index (χ0n) is 7.11. The number of hydrogen-bond acceptors (Lipinski definition) is 3. The van der Waals surface area contributed by atoms with Crippen LogP contribution in [0.4, 0.5) is 0 Å². The molecule has 0 amide bonds. The number of aromatic nitrogens is 2. The molecular formula is C9H10N2O. The van der Waals surface area contributed by atoms with Crippen LogP contribution < -0.4 is 0 Å². The summed E-state index contributed by atoms with van der Waals surface area (Å²) in [5, 5.41) is 5.05. The van der Waals surface area contributed by atoms with Gasteiger partial charge in [-0.15, -0.1) is 0 Å². The van der Waals surface area contributed by atoms with Crippen LogP contribution in [0.1, 0.15) is 25.5 Å². The molecule has 62 valence electrons. The van der Waals surface area contributed by atoms with Gasteiger partial charge in [-0.05, 0) is 12.0 Å². The third-order valence-corrected chi connectivity index (χ3v) is 1.85. The van der Waals surface area contributed by atoms with Gasteiger partial charge in [0.25, 0.3) is 0 Å². The van der Waals surface area contributed by atoms with Gasteiger partial charge in [0, 0.05) is 11.6 Å². The lowest BCUT2D eigenvalue weighted by atomic mass is 10.1. The predicted molar refractivity (Wildman–Crippen MR) is 45.9 cm³/mol. The molecule has 0 fully saturated rings. The standard InChI is InChI=1S/C9H10N2O/c1-6(2)9-7-3-4-10-5-8(7)12-11-9/h3-6H,1-2H3. The van der Waals surface area contributed by atoms with Crippen molar-refractivity contribution in [2.24, 2.45) is 0 Å². The second kappa shape index (κ2) is 2.59. The molecule has 12 heavy (non-hydrogen) atoms. The summed E-state index contributed by atoms with van der Waals surface area (Å²) >= 11 is 0. The minimum absolute atomic E-state index is 0.397. The first-order valence-corrected chi connectivity index (χ1v) is 3.98. The number of nitrogens with zero attached hydrogens (tertiary/aromatic N) is 2. The summed E-state index contributed by atoms with van der Waals surface area (Å²) in [7, 11) is 0. The van der Waals surface area contributed by atoms with Crippen molar-refractivity contribution in [2.75, 3.05) is 0 Å². The molecule has 0 N–H and O–H groups in total. The fourth-order valence-electron chi connectivity index (χ4n) is 1.23. The van der Waals surface area contributed by atoms with E-state index < -0.39 is 0 Å². The van der Waals surface area contributed by atoms with Gasteiger partial charge < -0.3 is 4.52 Å². The zero-order chi connectivity index (χ0) is 8.55. The van der Waals surface area contributed by atoms with Gasteiger partial charge in [-0.1, -0.05) is 19.0 Å². The first kappa shape index (κ1) is 7.28. The van der Waals surface area contributed by atoms with Crippen molar-refractivity contribution in [3.8, 4) is 0 Å². The fourth-order valence-corrected chi connectivity index (χ4v) is 1.23. The molecule has 3 nitrogen and oxygen atoms in total. The van der Waals surface area contributed by atoms with E-state index in [4.69, 9.17) is 4.52 Å². The molecule has 2 aromatic rings. The Morgan fingerprint density at radius 3 is 3.00 bits per heavy atom. The minimum Gasteiger partial charge on any atom is -0.354 e. The van der Waals surface area contributed by atoms with Crippen LogP contribution in [0.3, 0.4) is 0 Å². The lowest BCUT2D eigenvalue weighted by Gasteiger charge is -1.96. The topological polar surface area (TPSA) is 38.9 Å². The third kappa shape index (κ3) is 0.978. The zero-order valence-corrected chi connectivity index (χ0v) is 7.11. The van der Waals surface area contributed by atoms with Crippen molar-refractivity contribution in [2.45, 2.75) is 19.8 Å². The van der Waals surface area contributed by atoms with Crippen LogP contribution in [-0.4, -0.2) is 10.1 Å². The van der Waals surface area contributed by atoms with Gasteiger partial charge in [-0.25, -0.2) is 0 Å². The van der Waals surface area contributed by atoms with E-state index in [1.54, 1.807) is 12.4 Å². The van der Waals surface area contributed by atoms with Crippen molar-refractivity contribution < 1.29 is 4.52 Å². The van der Waals surface area contributed by atoms with Crippen LogP contribution in [0.15, 0.2) is 23.0 Å². The quantitative estimate of drug-likeness (QED) is 0.646. The molecule has 0 saturated heterocycles. The van der Waals surface area contributed by atoms with Crippen molar-refractivity contribution in [3.05, 3.63) is 24.2 Å². The van der Waals surface area contributed by atoms with Crippen molar-refractivity contribution in [1.82, 2.24) is 10.1 Å². The molecule has 0 radical (unpaired) electrons. The van der Waals surface area contributed by atoms with Gasteiger partial charge in [0.1, 0.15) is 0 Å². The second-order valence-corrected chi connectivity index (χ2v) is 3.09. The molecular weight excluding hydrogens is 152 g/mol. The molecule has 0 atom stereocenters. The molecule has 0 bridgehead atoms. The molecule has 0 aliphatic rings. The van der Waals surface area contributed by atoms with E-state index in [-0.39, 0.29) is 0 Å². The summed E-state index contributed by atoms with van der Waals surface area (Å²) < 4.78 is 5.10. The maximum atomic E-state index is 5.10. The summed E-state index contributed by atoms with van der Waals surface area (Å²) in [5.41, 5.74) is 1.77. The first-order valence-electron chi connectivity index (χ1n) is 3.98. The van der Waals surface area contributed by atoms with E-state index >= 15 is 0 Å². The maximum absolute atomic E-state index is 5.10. The maximum Gasteiger partial charge on any atom is 0.185 e. The SMILES string of the molecule is CC(C)c1noc2cnccc12. The number of fused-ring (bicyclic) bond motifs is 1. The number of hydrogen-bond donors (Lipinski definition) is 0. The molecule has 0 unspecified atom stereocenters. The van der Waals surface area contributed by atoms with Crippen LogP contribution >= 0.6 is 0 Å². The first-order chi connectivity index (χ1) is 5.79. The van der Waals surface area contributed by atoms with Crippen molar-refractivity contribution in [3.63, 3.8) is 0 Å². The Bertz CT molecular complexity index is 392. The molecule has 2 rings (SSSR count). The minimum atomic E-state index is 0.397. The summed E-state index contributed by atoms with van der Waals surface area (Å²) in [4.78, 5) is 3.95. The highest BCUT2D eigenvalue weighted by molar-refractivity contribution is 5.78. The van der Waals surface area contributed by atoms with Crippen LogP contribution in [-0.2, 0) is 0 Å². The Kier molecular flexibility index (Phi) is 1.57. The third-order valence-electron chi connectivity index (χ3n) is 1.85. The largest absolute Gasteiger partial charge is 0.354 e. The molecule has 2 aromatic heterocycles. The van der Waals surface area contributed by atoms with Gasteiger partial charge in [0.15, 0.2) is 5.58 Å². The van der Waals surface area contributed by atoms with E-state index in [0.29, 0.717) is 5.92 Å². The van der Waals surface area contributed by atoms with Gasteiger partial charge >= 0.3 is 0 Å². The molecule has 3 heteroatoms.